The van der Waals surface area contributed by atoms with Crippen LogP contribution >= 0.6 is 11.3 Å². The summed E-state index contributed by atoms with van der Waals surface area (Å²) in [5.41, 5.74) is 0. The Bertz CT molecular complexity index is 550. The summed E-state index contributed by atoms with van der Waals surface area (Å²) in [5.74, 6) is 0.320. The van der Waals surface area contributed by atoms with Gasteiger partial charge in [-0.1, -0.05) is 34.1 Å². The molecule has 2 N–H and O–H groups in total. The fourth-order valence-corrected chi connectivity index (χ4v) is 4.90. The summed E-state index contributed by atoms with van der Waals surface area (Å²) in [4.78, 5) is 2.32. The molecule has 0 aromatic carbocycles. The van der Waals surface area contributed by atoms with Crippen molar-refractivity contribution in [2.24, 2.45) is 5.92 Å². The molecule has 6 heteroatoms. The molecule has 0 saturated carbocycles. The number of nitrogens with one attached hydrogen (secondary N) is 2. The summed E-state index contributed by atoms with van der Waals surface area (Å²) in [6.07, 6.45) is 0.954. The molecule has 21 heavy (non-hydrogen) atoms. The zero-order chi connectivity index (χ0) is 16.2. The Morgan fingerprint density at radius 2 is 1.86 bits per heavy atom. The lowest BCUT2D eigenvalue weighted by molar-refractivity contribution is 0.434. The fraction of sp³-hybridized carbons (Fsp3) is 0.733. The van der Waals surface area contributed by atoms with Gasteiger partial charge in [-0.15, -0.1) is 11.3 Å². The summed E-state index contributed by atoms with van der Waals surface area (Å²) in [6, 6.07) is 2.12. The van der Waals surface area contributed by atoms with Gasteiger partial charge in [-0.25, -0.2) is 13.1 Å². The molecule has 2 unspecified atom stereocenters. The second-order valence-corrected chi connectivity index (χ2v) is 8.99. The molecule has 0 bridgehead atoms. The Labute approximate surface area is 133 Å². The van der Waals surface area contributed by atoms with E-state index in [2.05, 4.69) is 37.7 Å². The summed E-state index contributed by atoms with van der Waals surface area (Å²) in [6.45, 7) is 12.8. The molecule has 122 valence electrons. The monoisotopic (exact) mass is 332 g/mol. The van der Waals surface area contributed by atoms with Crippen molar-refractivity contribution >= 4 is 21.4 Å². The van der Waals surface area contributed by atoms with E-state index in [1.165, 1.54) is 0 Å². The SMILES string of the molecule is CCC(C)C(C)NS(=O)(=O)c1cc(CNC(C)C)sc1C. The van der Waals surface area contributed by atoms with Crippen LogP contribution in [-0.4, -0.2) is 20.5 Å². The van der Waals surface area contributed by atoms with Gasteiger partial charge in [-0.2, -0.15) is 0 Å². The van der Waals surface area contributed by atoms with Crippen LogP contribution in [0.4, 0.5) is 0 Å². The summed E-state index contributed by atoms with van der Waals surface area (Å²) >= 11 is 1.54. The van der Waals surface area contributed by atoms with Crippen molar-refractivity contribution in [1.29, 1.82) is 0 Å². The van der Waals surface area contributed by atoms with E-state index in [9.17, 15) is 8.42 Å². The highest BCUT2D eigenvalue weighted by Crippen LogP contribution is 2.26. The summed E-state index contributed by atoms with van der Waals surface area (Å²) in [5, 5.41) is 3.32. The van der Waals surface area contributed by atoms with Crippen LogP contribution in [0.15, 0.2) is 11.0 Å². The van der Waals surface area contributed by atoms with Crippen molar-refractivity contribution in [2.75, 3.05) is 0 Å². The van der Waals surface area contributed by atoms with Crippen molar-refractivity contribution in [2.45, 2.75) is 71.5 Å². The van der Waals surface area contributed by atoms with Crippen LogP contribution < -0.4 is 10.0 Å². The summed E-state index contributed by atoms with van der Waals surface area (Å²) < 4.78 is 27.8. The van der Waals surface area contributed by atoms with Gasteiger partial charge in [-0.05, 0) is 25.8 Å². The molecule has 0 aliphatic carbocycles. The minimum absolute atomic E-state index is 0.0588. The summed E-state index contributed by atoms with van der Waals surface area (Å²) in [7, 11) is -3.43. The van der Waals surface area contributed by atoms with E-state index in [0.29, 0.717) is 23.4 Å². The minimum atomic E-state index is -3.43. The number of aryl methyl sites for hydroxylation is 1. The molecule has 0 fully saturated rings. The van der Waals surface area contributed by atoms with Gasteiger partial charge < -0.3 is 5.32 Å². The molecule has 0 aliphatic heterocycles. The Kier molecular flexibility index (Phi) is 6.84. The van der Waals surface area contributed by atoms with Crippen molar-refractivity contribution < 1.29 is 8.42 Å². The normalized spacial score (nSPS) is 15.4. The van der Waals surface area contributed by atoms with E-state index in [4.69, 9.17) is 0 Å². The molecule has 0 saturated heterocycles. The molecule has 0 amide bonds. The third kappa shape index (κ3) is 5.36. The van der Waals surface area contributed by atoms with Crippen molar-refractivity contribution in [3.05, 3.63) is 15.8 Å². The molecule has 0 radical (unpaired) electrons. The van der Waals surface area contributed by atoms with Gasteiger partial charge >= 0.3 is 0 Å². The first kappa shape index (κ1) is 18.6. The Morgan fingerprint density at radius 1 is 1.24 bits per heavy atom. The zero-order valence-electron chi connectivity index (χ0n) is 13.9. The third-order valence-electron chi connectivity index (χ3n) is 3.74. The number of hydrogen-bond acceptors (Lipinski definition) is 4. The van der Waals surface area contributed by atoms with Gasteiger partial charge in [-0.3, -0.25) is 0 Å². The maximum absolute atomic E-state index is 12.5. The van der Waals surface area contributed by atoms with Crippen molar-refractivity contribution in [3.8, 4) is 0 Å². The predicted octanol–water partition coefficient (Wildman–Crippen LogP) is 3.27. The van der Waals surface area contributed by atoms with E-state index < -0.39 is 10.0 Å². The van der Waals surface area contributed by atoms with Crippen LogP contribution in [0, 0.1) is 12.8 Å². The van der Waals surface area contributed by atoms with Crippen LogP contribution in [-0.2, 0) is 16.6 Å². The number of thiophene rings is 1. The lowest BCUT2D eigenvalue weighted by atomic mass is 10.0. The topological polar surface area (TPSA) is 58.2 Å². The van der Waals surface area contributed by atoms with Crippen LogP contribution in [0.3, 0.4) is 0 Å². The predicted molar refractivity (Wildman–Crippen MR) is 90.3 cm³/mol. The molecule has 0 aliphatic rings. The highest BCUT2D eigenvalue weighted by Gasteiger charge is 2.23. The largest absolute Gasteiger partial charge is 0.310 e. The number of rotatable bonds is 8. The van der Waals surface area contributed by atoms with Gasteiger partial charge in [0.05, 0.1) is 4.90 Å². The highest BCUT2D eigenvalue weighted by molar-refractivity contribution is 7.89. The van der Waals surface area contributed by atoms with E-state index in [1.54, 1.807) is 17.4 Å². The van der Waals surface area contributed by atoms with Gasteiger partial charge in [0.2, 0.25) is 10.0 Å². The lowest BCUT2D eigenvalue weighted by Crippen LogP contribution is -2.36. The maximum Gasteiger partial charge on any atom is 0.241 e. The second-order valence-electron chi connectivity index (χ2n) is 5.96. The average Bonchev–Trinajstić information content (AvgIpc) is 2.77. The second kappa shape index (κ2) is 7.72. The first-order chi connectivity index (χ1) is 9.67. The number of sulfonamides is 1. The molecule has 1 heterocycles. The highest BCUT2D eigenvalue weighted by atomic mass is 32.2. The van der Waals surface area contributed by atoms with Crippen LogP contribution in [0.25, 0.3) is 0 Å². The standard InChI is InChI=1S/C15H28N2O2S2/c1-7-11(4)12(5)17-21(18,19)15-8-14(20-13(15)6)9-16-10(2)3/h8,10-12,16-17H,7,9H2,1-6H3. The fourth-order valence-electron chi connectivity index (χ4n) is 1.96. The smallest absolute Gasteiger partial charge is 0.241 e. The quantitative estimate of drug-likeness (QED) is 0.768. The first-order valence-electron chi connectivity index (χ1n) is 7.52. The molecular formula is C15H28N2O2S2. The average molecular weight is 333 g/mol. The molecule has 4 nitrogen and oxygen atoms in total. The molecule has 1 aromatic rings. The molecule has 0 spiro atoms. The van der Waals surface area contributed by atoms with E-state index in [1.807, 2.05) is 13.8 Å². The first-order valence-corrected chi connectivity index (χ1v) is 9.82. The zero-order valence-corrected chi connectivity index (χ0v) is 15.5. The lowest BCUT2D eigenvalue weighted by Gasteiger charge is -2.19. The number of hydrogen-bond donors (Lipinski definition) is 2. The Balaban J connectivity index is 2.88. The third-order valence-corrected chi connectivity index (χ3v) is 6.60. The van der Waals surface area contributed by atoms with Gasteiger partial charge in [0.15, 0.2) is 0 Å². The van der Waals surface area contributed by atoms with Crippen LogP contribution in [0.2, 0.25) is 0 Å². The van der Waals surface area contributed by atoms with Crippen LogP contribution in [0.5, 0.6) is 0 Å². The molecular weight excluding hydrogens is 304 g/mol. The van der Waals surface area contributed by atoms with Gasteiger partial charge in [0, 0.05) is 28.4 Å². The Morgan fingerprint density at radius 3 is 2.38 bits per heavy atom. The molecule has 1 aromatic heterocycles. The van der Waals surface area contributed by atoms with Crippen molar-refractivity contribution in [3.63, 3.8) is 0 Å². The van der Waals surface area contributed by atoms with Gasteiger partial charge in [0.1, 0.15) is 0 Å². The Hall–Kier alpha value is -0.430. The van der Waals surface area contributed by atoms with E-state index in [-0.39, 0.29) is 6.04 Å². The van der Waals surface area contributed by atoms with Crippen molar-refractivity contribution in [1.82, 2.24) is 10.0 Å². The molecule has 2 atom stereocenters. The maximum atomic E-state index is 12.5. The van der Waals surface area contributed by atoms with E-state index in [0.717, 1.165) is 16.2 Å². The minimum Gasteiger partial charge on any atom is -0.310 e. The molecule has 1 rings (SSSR count). The van der Waals surface area contributed by atoms with Gasteiger partial charge in [0.25, 0.3) is 0 Å². The van der Waals surface area contributed by atoms with Crippen LogP contribution in [0.1, 0.15) is 50.8 Å². The van der Waals surface area contributed by atoms with E-state index >= 15 is 0 Å².